The fourth-order valence-corrected chi connectivity index (χ4v) is 3.67. The van der Waals surface area contributed by atoms with Crippen molar-refractivity contribution in [3.05, 3.63) is 47.4 Å². The summed E-state index contributed by atoms with van der Waals surface area (Å²) in [6, 6.07) is 10.2. The number of fused-ring (bicyclic) bond motifs is 1. The van der Waals surface area contributed by atoms with E-state index in [1.165, 1.54) is 4.70 Å². The molecule has 1 aromatic carbocycles. The Morgan fingerprint density at radius 1 is 1.30 bits per heavy atom. The third-order valence-corrected chi connectivity index (χ3v) is 5.21. The minimum atomic E-state index is -0.587. The lowest BCUT2D eigenvalue weighted by molar-refractivity contribution is 0.184. The van der Waals surface area contributed by atoms with Gasteiger partial charge in [-0.25, -0.2) is 4.99 Å². The second-order valence-corrected chi connectivity index (χ2v) is 6.93. The molecule has 1 unspecified atom stereocenters. The highest BCUT2D eigenvalue weighted by Crippen LogP contribution is 2.29. The van der Waals surface area contributed by atoms with Gasteiger partial charge in [0.05, 0.1) is 0 Å². The summed E-state index contributed by atoms with van der Waals surface area (Å²) in [5.41, 5.74) is 0. The highest BCUT2D eigenvalue weighted by molar-refractivity contribution is 14.0. The van der Waals surface area contributed by atoms with Crippen molar-refractivity contribution >= 4 is 51.4 Å². The number of aryl methyl sites for hydroxylation is 1. The van der Waals surface area contributed by atoms with Crippen molar-refractivity contribution in [2.24, 2.45) is 4.99 Å². The molecule has 0 saturated heterocycles. The van der Waals surface area contributed by atoms with Crippen LogP contribution in [0.2, 0.25) is 0 Å². The number of hydrogen-bond donors (Lipinski definition) is 3. The minimum absolute atomic E-state index is 0. The van der Waals surface area contributed by atoms with Gasteiger partial charge in [0, 0.05) is 29.2 Å². The average molecular weight is 500 g/mol. The molecule has 0 spiro atoms. The Morgan fingerprint density at radius 3 is 2.85 bits per heavy atom. The van der Waals surface area contributed by atoms with Crippen LogP contribution in [-0.4, -0.2) is 38.9 Å². The molecule has 0 bridgehead atoms. The van der Waals surface area contributed by atoms with Gasteiger partial charge in [-0.2, -0.15) is 0 Å². The summed E-state index contributed by atoms with van der Waals surface area (Å²) < 4.78 is 3.14. The van der Waals surface area contributed by atoms with E-state index in [1.807, 2.05) is 36.6 Å². The number of aromatic nitrogens is 3. The zero-order valence-corrected chi connectivity index (χ0v) is 18.6. The first-order valence-electron chi connectivity index (χ1n) is 8.76. The number of benzene rings is 1. The second kappa shape index (κ2) is 10.6. The van der Waals surface area contributed by atoms with Gasteiger partial charge >= 0.3 is 0 Å². The normalized spacial score (nSPS) is 12.6. The molecule has 146 valence electrons. The highest BCUT2D eigenvalue weighted by Gasteiger charge is 2.12. The summed E-state index contributed by atoms with van der Waals surface area (Å²) in [4.78, 5) is 5.48. The third kappa shape index (κ3) is 5.63. The first kappa shape index (κ1) is 21.6. The van der Waals surface area contributed by atoms with Crippen LogP contribution < -0.4 is 10.6 Å². The molecular weight excluding hydrogens is 475 g/mol. The number of aliphatic hydroxyl groups is 1. The molecule has 2 aromatic heterocycles. The number of rotatable bonds is 7. The summed E-state index contributed by atoms with van der Waals surface area (Å²) >= 11 is 1.61. The predicted octanol–water partition coefficient (Wildman–Crippen LogP) is 2.92. The van der Waals surface area contributed by atoms with Crippen molar-refractivity contribution in [3.8, 4) is 0 Å². The molecule has 3 N–H and O–H groups in total. The molecule has 0 aliphatic heterocycles. The highest BCUT2D eigenvalue weighted by atomic mass is 127. The van der Waals surface area contributed by atoms with Crippen LogP contribution in [0.4, 0.5) is 0 Å². The number of aliphatic hydroxyl groups excluding tert-OH is 1. The van der Waals surface area contributed by atoms with Crippen LogP contribution in [0.15, 0.2) is 41.7 Å². The van der Waals surface area contributed by atoms with Crippen molar-refractivity contribution in [2.45, 2.75) is 33.0 Å². The molecule has 3 aromatic rings. The number of aliphatic imine (C=N–C) groups is 1. The Labute approximate surface area is 179 Å². The largest absolute Gasteiger partial charge is 0.386 e. The first-order chi connectivity index (χ1) is 12.7. The van der Waals surface area contributed by atoms with Gasteiger partial charge in [-0.1, -0.05) is 18.2 Å². The third-order valence-electron chi connectivity index (χ3n) is 4.00. The smallest absolute Gasteiger partial charge is 0.191 e. The van der Waals surface area contributed by atoms with Crippen LogP contribution in [0.25, 0.3) is 10.1 Å². The second-order valence-electron chi connectivity index (χ2n) is 5.81. The monoisotopic (exact) mass is 500 g/mol. The van der Waals surface area contributed by atoms with Crippen LogP contribution in [0.5, 0.6) is 0 Å². The van der Waals surface area contributed by atoms with Crippen LogP contribution in [-0.2, 0) is 13.1 Å². The van der Waals surface area contributed by atoms with E-state index in [-0.39, 0.29) is 24.0 Å². The van der Waals surface area contributed by atoms with Crippen LogP contribution in [0.1, 0.15) is 30.7 Å². The number of nitrogens with one attached hydrogen (secondary N) is 2. The Morgan fingerprint density at radius 2 is 2.11 bits per heavy atom. The molecule has 0 aliphatic carbocycles. The van der Waals surface area contributed by atoms with E-state index in [4.69, 9.17) is 0 Å². The van der Waals surface area contributed by atoms with Crippen molar-refractivity contribution in [1.29, 1.82) is 0 Å². The Bertz CT molecular complexity index is 844. The number of thiophene rings is 1. The Kier molecular flexibility index (Phi) is 8.45. The maximum absolute atomic E-state index is 10.5. The molecule has 0 saturated carbocycles. The van der Waals surface area contributed by atoms with Crippen molar-refractivity contribution < 1.29 is 5.11 Å². The predicted molar refractivity (Wildman–Crippen MR) is 121 cm³/mol. The molecule has 27 heavy (non-hydrogen) atoms. The van der Waals surface area contributed by atoms with E-state index in [2.05, 4.69) is 38.0 Å². The van der Waals surface area contributed by atoms with Gasteiger partial charge in [0.1, 0.15) is 19.0 Å². The molecule has 0 fully saturated rings. The van der Waals surface area contributed by atoms with Gasteiger partial charge < -0.3 is 20.3 Å². The van der Waals surface area contributed by atoms with E-state index in [1.54, 1.807) is 17.7 Å². The molecule has 1 atom stereocenters. The molecular formula is C18H25IN6OS. The quantitative estimate of drug-likeness (QED) is 0.264. The van der Waals surface area contributed by atoms with Gasteiger partial charge in [0.15, 0.2) is 11.8 Å². The summed E-state index contributed by atoms with van der Waals surface area (Å²) in [6.45, 7) is 6.43. The van der Waals surface area contributed by atoms with E-state index >= 15 is 0 Å². The fourth-order valence-electron chi connectivity index (χ4n) is 2.62. The molecule has 0 amide bonds. The zero-order chi connectivity index (χ0) is 18.4. The Balaban J connectivity index is 0.00000261. The lowest BCUT2D eigenvalue weighted by Crippen LogP contribution is -2.39. The average Bonchev–Trinajstić information content (AvgIpc) is 3.29. The summed E-state index contributed by atoms with van der Waals surface area (Å²) in [7, 11) is 0. The van der Waals surface area contributed by atoms with E-state index in [9.17, 15) is 5.11 Å². The van der Waals surface area contributed by atoms with Crippen LogP contribution in [0, 0.1) is 0 Å². The Hall–Kier alpha value is -1.72. The number of nitrogens with zero attached hydrogens (tertiary/aromatic N) is 4. The van der Waals surface area contributed by atoms with E-state index < -0.39 is 6.10 Å². The van der Waals surface area contributed by atoms with Crippen molar-refractivity contribution in [3.63, 3.8) is 0 Å². The first-order valence-corrected chi connectivity index (χ1v) is 9.58. The van der Waals surface area contributed by atoms with Gasteiger partial charge in [-0.15, -0.1) is 45.5 Å². The summed E-state index contributed by atoms with van der Waals surface area (Å²) in [5.74, 6) is 1.47. The van der Waals surface area contributed by atoms with Gasteiger partial charge in [-0.3, -0.25) is 0 Å². The molecule has 2 heterocycles. The number of guanidine groups is 1. The van der Waals surface area contributed by atoms with E-state index in [0.717, 1.165) is 29.2 Å². The lowest BCUT2D eigenvalue weighted by atomic mass is 10.2. The van der Waals surface area contributed by atoms with Crippen LogP contribution >= 0.6 is 35.3 Å². The van der Waals surface area contributed by atoms with Crippen molar-refractivity contribution in [1.82, 2.24) is 25.4 Å². The molecule has 0 aliphatic rings. The fraction of sp³-hybridized carbons (Fsp3) is 0.389. The molecule has 0 radical (unpaired) electrons. The van der Waals surface area contributed by atoms with Gasteiger partial charge in [0.25, 0.3) is 0 Å². The maximum atomic E-state index is 10.5. The summed E-state index contributed by atoms with van der Waals surface area (Å²) in [5, 5.41) is 26.1. The maximum Gasteiger partial charge on any atom is 0.191 e. The molecule has 3 rings (SSSR count). The van der Waals surface area contributed by atoms with Crippen molar-refractivity contribution in [2.75, 3.05) is 13.1 Å². The topological polar surface area (TPSA) is 87.4 Å². The SMILES string of the molecule is CCNC(=NCc1nncn1CC)NCC(O)c1cc2ccccc2s1.I. The van der Waals surface area contributed by atoms with Gasteiger partial charge in [0.2, 0.25) is 0 Å². The molecule has 7 nitrogen and oxygen atoms in total. The van der Waals surface area contributed by atoms with Gasteiger partial charge in [-0.05, 0) is 31.4 Å². The minimum Gasteiger partial charge on any atom is -0.386 e. The molecule has 9 heteroatoms. The number of hydrogen-bond acceptors (Lipinski definition) is 5. The van der Waals surface area contributed by atoms with E-state index in [0.29, 0.717) is 19.0 Å². The van der Waals surface area contributed by atoms with Crippen LogP contribution in [0.3, 0.4) is 0 Å². The zero-order valence-electron chi connectivity index (χ0n) is 15.4. The summed E-state index contributed by atoms with van der Waals surface area (Å²) in [6.07, 6.45) is 1.12. The standard InChI is InChI=1S/C18H24N6OS.HI/c1-3-19-18(21-11-17-23-22-12-24(17)4-2)20-10-14(25)16-9-13-7-5-6-8-15(13)26-16;/h5-9,12,14,25H,3-4,10-11H2,1-2H3,(H2,19,20,21);1H. The lowest BCUT2D eigenvalue weighted by Gasteiger charge is -2.14. The number of halogens is 1.